The van der Waals surface area contributed by atoms with Gasteiger partial charge in [-0.15, -0.1) is 11.3 Å². The molecule has 2 N–H and O–H groups in total. The maximum atomic E-state index is 12.3. The first kappa shape index (κ1) is 17.1. The van der Waals surface area contributed by atoms with Crippen LogP contribution in [0.4, 0.5) is 5.00 Å². The molecule has 1 aliphatic rings. The van der Waals surface area contributed by atoms with Crippen molar-refractivity contribution in [3.63, 3.8) is 0 Å². The SMILES string of the molecule is N#Cc1c(NC(=O)CCSc2nc3ccccc3[nH]2)sc2c1CCCC2. The van der Waals surface area contributed by atoms with E-state index in [0.717, 1.165) is 46.0 Å². The van der Waals surface area contributed by atoms with E-state index < -0.39 is 0 Å². The Hall–Kier alpha value is -2.30. The molecular weight excluding hydrogens is 364 g/mol. The van der Waals surface area contributed by atoms with Crippen LogP contribution in [0.3, 0.4) is 0 Å². The van der Waals surface area contributed by atoms with E-state index in [4.69, 9.17) is 0 Å². The fourth-order valence-electron chi connectivity index (χ4n) is 3.20. The van der Waals surface area contributed by atoms with E-state index in [1.54, 1.807) is 11.3 Å². The van der Waals surface area contributed by atoms with Crippen LogP contribution in [-0.4, -0.2) is 21.6 Å². The van der Waals surface area contributed by atoms with Gasteiger partial charge in [-0.1, -0.05) is 23.9 Å². The number of H-pyrrole nitrogens is 1. The van der Waals surface area contributed by atoms with Crippen LogP contribution < -0.4 is 5.32 Å². The van der Waals surface area contributed by atoms with Crippen molar-refractivity contribution in [3.8, 4) is 6.07 Å². The van der Waals surface area contributed by atoms with Crippen molar-refractivity contribution >= 4 is 45.0 Å². The van der Waals surface area contributed by atoms with Gasteiger partial charge in [0, 0.05) is 17.1 Å². The molecule has 5 nitrogen and oxygen atoms in total. The lowest BCUT2D eigenvalue weighted by Gasteiger charge is -2.09. The number of para-hydroxylation sites is 2. The number of rotatable bonds is 5. The van der Waals surface area contributed by atoms with Gasteiger partial charge in [0.15, 0.2) is 5.16 Å². The smallest absolute Gasteiger partial charge is 0.225 e. The highest BCUT2D eigenvalue weighted by Gasteiger charge is 2.21. The van der Waals surface area contributed by atoms with Gasteiger partial charge >= 0.3 is 0 Å². The molecule has 0 saturated carbocycles. The molecule has 2 aromatic heterocycles. The van der Waals surface area contributed by atoms with Crippen LogP contribution in [0.5, 0.6) is 0 Å². The second-order valence-electron chi connectivity index (χ2n) is 6.23. The number of aryl methyl sites for hydroxylation is 1. The number of carbonyl (C=O) groups is 1. The highest BCUT2D eigenvalue weighted by Crippen LogP contribution is 2.37. The number of nitrogens with one attached hydrogen (secondary N) is 2. The Morgan fingerprint density at radius 1 is 1.35 bits per heavy atom. The van der Waals surface area contributed by atoms with Gasteiger partial charge in [0.25, 0.3) is 0 Å². The number of fused-ring (bicyclic) bond motifs is 2. The number of nitrogens with zero attached hydrogens (tertiary/aromatic N) is 2. The molecule has 0 atom stereocenters. The summed E-state index contributed by atoms with van der Waals surface area (Å²) in [6.07, 6.45) is 4.65. The maximum Gasteiger partial charge on any atom is 0.225 e. The number of carbonyl (C=O) groups excluding carboxylic acids is 1. The molecular formula is C19H18N4OS2. The third-order valence-corrected chi connectivity index (χ3v) is 6.55. The molecule has 132 valence electrons. The topological polar surface area (TPSA) is 81.6 Å². The van der Waals surface area contributed by atoms with Gasteiger partial charge in [0.05, 0.1) is 16.6 Å². The average molecular weight is 383 g/mol. The average Bonchev–Trinajstić information content (AvgIpc) is 3.21. The Morgan fingerprint density at radius 2 is 2.19 bits per heavy atom. The third-order valence-electron chi connectivity index (χ3n) is 4.47. The minimum atomic E-state index is -0.0521. The minimum Gasteiger partial charge on any atom is -0.333 e. The summed E-state index contributed by atoms with van der Waals surface area (Å²) in [4.78, 5) is 21.3. The van der Waals surface area contributed by atoms with Crippen LogP contribution in [0.1, 0.15) is 35.3 Å². The Labute approximate surface area is 159 Å². The molecule has 0 spiro atoms. The van der Waals surface area contributed by atoms with E-state index in [2.05, 4.69) is 21.4 Å². The van der Waals surface area contributed by atoms with E-state index in [-0.39, 0.29) is 5.91 Å². The zero-order valence-corrected chi connectivity index (χ0v) is 15.8. The van der Waals surface area contributed by atoms with Crippen LogP contribution in [-0.2, 0) is 17.6 Å². The number of imidazole rings is 1. The number of benzene rings is 1. The molecule has 0 unspecified atom stereocenters. The van der Waals surface area contributed by atoms with E-state index in [9.17, 15) is 10.1 Å². The highest BCUT2D eigenvalue weighted by molar-refractivity contribution is 7.99. The van der Waals surface area contributed by atoms with Crippen molar-refractivity contribution in [1.29, 1.82) is 5.26 Å². The van der Waals surface area contributed by atoms with Gasteiger partial charge in [-0.25, -0.2) is 4.98 Å². The fourth-order valence-corrected chi connectivity index (χ4v) is 5.28. The molecule has 0 bridgehead atoms. The molecule has 4 rings (SSSR count). The molecule has 0 radical (unpaired) electrons. The lowest BCUT2D eigenvalue weighted by molar-refractivity contribution is -0.115. The Balaban J connectivity index is 1.36. The second-order valence-corrected chi connectivity index (χ2v) is 8.42. The van der Waals surface area contributed by atoms with Crippen molar-refractivity contribution in [2.24, 2.45) is 0 Å². The number of aromatic amines is 1. The molecule has 3 aromatic rings. The summed E-state index contributed by atoms with van der Waals surface area (Å²) in [7, 11) is 0. The lowest BCUT2D eigenvalue weighted by atomic mass is 9.96. The number of aromatic nitrogens is 2. The van der Waals surface area contributed by atoms with E-state index in [1.807, 2.05) is 24.3 Å². The summed E-state index contributed by atoms with van der Waals surface area (Å²) in [6, 6.07) is 10.2. The van der Waals surface area contributed by atoms with Gasteiger partial charge in [-0.3, -0.25) is 4.79 Å². The van der Waals surface area contributed by atoms with Crippen LogP contribution >= 0.6 is 23.1 Å². The van der Waals surface area contributed by atoms with Crippen LogP contribution in [0, 0.1) is 11.3 Å². The Morgan fingerprint density at radius 3 is 3.04 bits per heavy atom. The molecule has 1 aliphatic carbocycles. The van der Waals surface area contributed by atoms with E-state index >= 15 is 0 Å². The van der Waals surface area contributed by atoms with E-state index in [0.29, 0.717) is 17.7 Å². The molecule has 0 fully saturated rings. The van der Waals surface area contributed by atoms with Gasteiger partial charge in [0.1, 0.15) is 11.1 Å². The summed E-state index contributed by atoms with van der Waals surface area (Å²) in [5.74, 6) is 0.585. The van der Waals surface area contributed by atoms with E-state index in [1.165, 1.54) is 23.1 Å². The summed E-state index contributed by atoms with van der Waals surface area (Å²) < 4.78 is 0. The van der Waals surface area contributed by atoms with Crippen molar-refractivity contribution < 1.29 is 4.79 Å². The van der Waals surface area contributed by atoms with Gasteiger partial charge < -0.3 is 10.3 Å². The van der Waals surface area contributed by atoms with Crippen molar-refractivity contribution in [3.05, 3.63) is 40.3 Å². The zero-order chi connectivity index (χ0) is 17.9. The summed E-state index contributed by atoms with van der Waals surface area (Å²) >= 11 is 3.10. The zero-order valence-electron chi connectivity index (χ0n) is 14.2. The molecule has 26 heavy (non-hydrogen) atoms. The first-order valence-corrected chi connectivity index (χ1v) is 10.5. The normalized spacial score (nSPS) is 13.3. The van der Waals surface area contributed by atoms with Crippen LogP contribution in [0.2, 0.25) is 0 Å². The quantitative estimate of drug-likeness (QED) is 0.637. The lowest BCUT2D eigenvalue weighted by Crippen LogP contribution is -2.12. The standard InChI is InChI=1S/C19H18N4OS2/c20-11-13-12-5-1-4-8-16(12)26-18(13)23-17(24)9-10-25-19-21-14-6-2-3-7-15(14)22-19/h2-3,6-7H,1,4-5,8-10H2,(H,21,22)(H,23,24). The summed E-state index contributed by atoms with van der Waals surface area (Å²) in [5, 5.41) is 13.9. The molecule has 0 saturated heterocycles. The Bertz CT molecular complexity index is 966. The molecule has 1 amide bonds. The van der Waals surface area contributed by atoms with Gasteiger partial charge in [0.2, 0.25) is 5.91 Å². The molecule has 1 aromatic carbocycles. The third kappa shape index (κ3) is 3.48. The number of anilines is 1. The highest BCUT2D eigenvalue weighted by atomic mass is 32.2. The summed E-state index contributed by atoms with van der Waals surface area (Å²) in [5.41, 5.74) is 3.75. The molecule has 0 aliphatic heterocycles. The predicted octanol–water partition coefficient (Wildman–Crippen LogP) is 4.50. The Kier molecular flexibility index (Phi) is 4.96. The largest absolute Gasteiger partial charge is 0.333 e. The van der Waals surface area contributed by atoms with Crippen LogP contribution in [0.15, 0.2) is 29.4 Å². The van der Waals surface area contributed by atoms with Crippen molar-refractivity contribution in [2.45, 2.75) is 37.3 Å². The minimum absolute atomic E-state index is 0.0521. The molecule has 7 heteroatoms. The first-order chi connectivity index (χ1) is 12.7. The second kappa shape index (κ2) is 7.52. The van der Waals surface area contributed by atoms with Gasteiger partial charge in [-0.05, 0) is 43.4 Å². The van der Waals surface area contributed by atoms with Crippen molar-refractivity contribution in [2.75, 3.05) is 11.1 Å². The molecule has 2 heterocycles. The predicted molar refractivity (Wildman–Crippen MR) is 106 cm³/mol. The first-order valence-electron chi connectivity index (χ1n) is 8.66. The number of thioether (sulfide) groups is 1. The number of thiophene rings is 1. The number of nitriles is 1. The fraction of sp³-hybridized carbons (Fsp3) is 0.316. The monoisotopic (exact) mass is 382 g/mol. The van der Waals surface area contributed by atoms with Gasteiger partial charge in [-0.2, -0.15) is 5.26 Å². The van der Waals surface area contributed by atoms with Crippen molar-refractivity contribution in [1.82, 2.24) is 9.97 Å². The number of amides is 1. The summed E-state index contributed by atoms with van der Waals surface area (Å²) in [6.45, 7) is 0. The van der Waals surface area contributed by atoms with Crippen LogP contribution in [0.25, 0.3) is 11.0 Å². The maximum absolute atomic E-state index is 12.3. The number of hydrogen-bond donors (Lipinski definition) is 2. The number of hydrogen-bond acceptors (Lipinski definition) is 5.